The van der Waals surface area contributed by atoms with Gasteiger partial charge in [-0.2, -0.15) is 11.8 Å². The smallest absolute Gasteiger partial charge is 0.323 e. The van der Waals surface area contributed by atoms with E-state index in [1.54, 1.807) is 14.0 Å². The average Bonchev–Trinajstić information content (AvgIpc) is 2.16. The summed E-state index contributed by atoms with van der Waals surface area (Å²) in [4.78, 5) is 11.1. The van der Waals surface area contributed by atoms with Gasteiger partial charge in [0.05, 0.1) is 0 Å². The van der Waals surface area contributed by atoms with Crippen LogP contribution in [0.4, 0.5) is 0 Å². The Kier molecular flexibility index (Phi) is 6.29. The molecule has 0 aliphatic rings. The van der Waals surface area contributed by atoms with Gasteiger partial charge >= 0.3 is 5.97 Å². The van der Waals surface area contributed by atoms with Crippen LogP contribution in [-0.2, 0) is 4.79 Å². The van der Waals surface area contributed by atoms with Gasteiger partial charge < -0.3 is 10.4 Å². The molecule has 0 radical (unpaired) electrons. The molecule has 0 amide bonds. The first kappa shape index (κ1) is 14.8. The van der Waals surface area contributed by atoms with Crippen LogP contribution in [-0.4, -0.2) is 34.2 Å². The van der Waals surface area contributed by atoms with Gasteiger partial charge in [-0.25, -0.2) is 0 Å². The molecule has 90 valence electrons. The average molecular weight is 233 g/mol. The van der Waals surface area contributed by atoms with E-state index in [9.17, 15) is 4.79 Å². The number of aliphatic carboxylic acids is 1. The molecule has 0 aromatic heterocycles. The Morgan fingerprint density at radius 3 is 2.33 bits per heavy atom. The van der Waals surface area contributed by atoms with Crippen molar-refractivity contribution in [1.82, 2.24) is 5.32 Å². The highest BCUT2D eigenvalue weighted by Crippen LogP contribution is 2.26. The highest BCUT2D eigenvalue weighted by atomic mass is 32.2. The van der Waals surface area contributed by atoms with Crippen LogP contribution in [0.3, 0.4) is 0 Å². The summed E-state index contributed by atoms with van der Waals surface area (Å²) in [6, 6.07) is 0. The summed E-state index contributed by atoms with van der Waals surface area (Å²) in [5, 5.41) is 12.9. The Morgan fingerprint density at radius 1 is 1.47 bits per heavy atom. The van der Waals surface area contributed by atoms with Crippen molar-refractivity contribution < 1.29 is 9.90 Å². The molecule has 3 unspecified atom stereocenters. The van der Waals surface area contributed by atoms with Crippen molar-refractivity contribution in [2.24, 2.45) is 0 Å². The minimum Gasteiger partial charge on any atom is -0.480 e. The van der Waals surface area contributed by atoms with Crippen LogP contribution >= 0.6 is 11.8 Å². The van der Waals surface area contributed by atoms with E-state index in [1.165, 1.54) is 0 Å². The zero-order chi connectivity index (χ0) is 12.1. The first-order chi connectivity index (χ1) is 6.85. The molecule has 0 saturated carbocycles. The maximum atomic E-state index is 11.1. The number of nitrogens with one attached hydrogen (secondary N) is 1. The lowest BCUT2D eigenvalue weighted by molar-refractivity contribution is -0.144. The van der Waals surface area contributed by atoms with Gasteiger partial charge in [-0.15, -0.1) is 0 Å². The molecule has 15 heavy (non-hydrogen) atoms. The van der Waals surface area contributed by atoms with Crippen molar-refractivity contribution >= 4 is 17.7 Å². The molecule has 0 aromatic rings. The molecule has 2 N–H and O–H groups in total. The van der Waals surface area contributed by atoms with Crippen LogP contribution in [0.25, 0.3) is 0 Å². The summed E-state index contributed by atoms with van der Waals surface area (Å²) < 4.78 is 0. The molecule has 0 aliphatic heterocycles. The zero-order valence-corrected chi connectivity index (χ0v) is 11.1. The van der Waals surface area contributed by atoms with E-state index in [2.05, 4.69) is 26.1 Å². The fourth-order valence-corrected chi connectivity index (χ4v) is 2.83. The van der Waals surface area contributed by atoms with Gasteiger partial charge in [0.2, 0.25) is 0 Å². The molecular formula is C11H23NO2S. The Hall–Kier alpha value is -0.220. The number of hydrogen-bond donors (Lipinski definition) is 2. The molecule has 4 heteroatoms. The summed E-state index contributed by atoms with van der Waals surface area (Å²) in [6.07, 6.45) is 1.77. The summed E-state index contributed by atoms with van der Waals surface area (Å²) in [6.45, 7) is 8.16. The normalized spacial score (nSPS) is 19.3. The van der Waals surface area contributed by atoms with Crippen molar-refractivity contribution in [3.05, 3.63) is 0 Å². The summed E-state index contributed by atoms with van der Waals surface area (Å²) >= 11 is 1.86. The molecule has 3 atom stereocenters. The monoisotopic (exact) mass is 233 g/mol. The molecule has 0 fully saturated rings. The Labute approximate surface area is 97.0 Å². The second kappa shape index (κ2) is 6.38. The number of likely N-dealkylation sites (N-methyl/N-ethyl adjacent to an activating group) is 1. The summed E-state index contributed by atoms with van der Waals surface area (Å²) in [5.74, 6) is -0.776. The maximum absolute atomic E-state index is 11.1. The molecule has 0 aliphatic carbocycles. The Balaban J connectivity index is 4.24. The minimum atomic E-state index is -0.806. The molecule has 0 bridgehead atoms. The van der Waals surface area contributed by atoms with Crippen LogP contribution in [0.5, 0.6) is 0 Å². The molecule has 0 aromatic carbocycles. The predicted octanol–water partition coefficient (Wildman–Crippen LogP) is 2.36. The molecule has 0 spiro atoms. The minimum absolute atomic E-state index is 0.355. The predicted molar refractivity (Wildman–Crippen MR) is 66.5 cm³/mol. The van der Waals surface area contributed by atoms with Gasteiger partial charge in [-0.1, -0.05) is 20.8 Å². The van der Waals surface area contributed by atoms with Crippen LogP contribution < -0.4 is 5.32 Å². The van der Waals surface area contributed by atoms with Crippen LogP contribution in [0.15, 0.2) is 0 Å². The van der Waals surface area contributed by atoms with Gasteiger partial charge in [0.1, 0.15) is 5.54 Å². The lowest BCUT2D eigenvalue weighted by atomic mass is 9.96. The molecule has 3 nitrogen and oxygen atoms in total. The lowest BCUT2D eigenvalue weighted by Crippen LogP contribution is -2.49. The van der Waals surface area contributed by atoms with E-state index in [-0.39, 0.29) is 0 Å². The Morgan fingerprint density at radius 2 is 2.00 bits per heavy atom. The lowest BCUT2D eigenvalue weighted by Gasteiger charge is -2.28. The molecule has 0 heterocycles. The number of carboxylic acids is 1. The third kappa shape index (κ3) is 4.89. The fraction of sp³-hybridized carbons (Fsp3) is 0.909. The quantitative estimate of drug-likeness (QED) is 0.709. The molecule has 0 rings (SSSR count). The van der Waals surface area contributed by atoms with Crippen LogP contribution in [0, 0.1) is 0 Å². The number of rotatable bonds is 7. The number of hydrogen-bond acceptors (Lipinski definition) is 3. The number of carbonyl (C=O) groups is 1. The van der Waals surface area contributed by atoms with Crippen molar-refractivity contribution in [3.8, 4) is 0 Å². The van der Waals surface area contributed by atoms with Gasteiger partial charge in [0.25, 0.3) is 0 Å². The third-order valence-corrected chi connectivity index (χ3v) is 4.19. The van der Waals surface area contributed by atoms with Crippen molar-refractivity contribution in [2.45, 2.75) is 56.6 Å². The van der Waals surface area contributed by atoms with E-state index in [1.807, 2.05) is 11.8 Å². The maximum Gasteiger partial charge on any atom is 0.323 e. The standard InChI is InChI=1S/C11H23NO2S/c1-6-8(2)15-9(3)7-11(4,12-5)10(13)14/h8-9,12H,6-7H2,1-5H3,(H,13,14). The van der Waals surface area contributed by atoms with E-state index in [0.29, 0.717) is 16.9 Å². The number of thioether (sulfide) groups is 1. The van der Waals surface area contributed by atoms with Gasteiger partial charge in [0.15, 0.2) is 0 Å². The van der Waals surface area contributed by atoms with Crippen molar-refractivity contribution in [2.75, 3.05) is 7.05 Å². The first-order valence-corrected chi connectivity index (χ1v) is 6.37. The van der Waals surface area contributed by atoms with Crippen molar-refractivity contribution in [1.29, 1.82) is 0 Å². The summed E-state index contributed by atoms with van der Waals surface area (Å²) in [7, 11) is 1.70. The highest BCUT2D eigenvalue weighted by molar-refractivity contribution is 8.00. The SMILES string of the molecule is CCC(C)SC(C)CC(C)(NC)C(=O)O. The van der Waals surface area contributed by atoms with Gasteiger partial charge in [-0.3, -0.25) is 4.79 Å². The zero-order valence-electron chi connectivity index (χ0n) is 10.3. The van der Waals surface area contributed by atoms with Crippen LogP contribution in [0.2, 0.25) is 0 Å². The second-order valence-electron chi connectivity index (χ2n) is 4.26. The topological polar surface area (TPSA) is 49.3 Å². The van der Waals surface area contributed by atoms with E-state index in [4.69, 9.17) is 5.11 Å². The molecule has 0 saturated heterocycles. The second-order valence-corrected chi connectivity index (χ2v) is 6.14. The highest BCUT2D eigenvalue weighted by Gasteiger charge is 2.33. The largest absolute Gasteiger partial charge is 0.480 e. The van der Waals surface area contributed by atoms with E-state index >= 15 is 0 Å². The van der Waals surface area contributed by atoms with E-state index in [0.717, 1.165) is 6.42 Å². The van der Waals surface area contributed by atoms with Crippen molar-refractivity contribution in [3.63, 3.8) is 0 Å². The van der Waals surface area contributed by atoms with Gasteiger partial charge in [0, 0.05) is 10.5 Å². The summed E-state index contributed by atoms with van der Waals surface area (Å²) in [5.41, 5.74) is -0.806. The Bertz CT molecular complexity index is 211. The van der Waals surface area contributed by atoms with Crippen LogP contribution in [0.1, 0.15) is 40.5 Å². The van der Waals surface area contributed by atoms with E-state index < -0.39 is 11.5 Å². The fourth-order valence-electron chi connectivity index (χ4n) is 1.41. The number of carboxylic acid groups (broad SMARTS) is 1. The van der Waals surface area contributed by atoms with Gasteiger partial charge in [-0.05, 0) is 26.8 Å². The molecular weight excluding hydrogens is 210 g/mol. The third-order valence-electron chi connectivity index (χ3n) is 2.76. The first-order valence-electron chi connectivity index (χ1n) is 5.43.